The van der Waals surface area contributed by atoms with Gasteiger partial charge in [-0.3, -0.25) is 0 Å². The van der Waals surface area contributed by atoms with Crippen molar-refractivity contribution in [3.05, 3.63) is 0 Å². The molecule has 0 aliphatic carbocycles. The summed E-state index contributed by atoms with van der Waals surface area (Å²) in [4.78, 5) is 18.6. The van der Waals surface area contributed by atoms with E-state index in [0.29, 0.717) is 0 Å². The highest BCUT2D eigenvalue weighted by Crippen LogP contribution is 1.66. The van der Waals surface area contributed by atoms with Crippen molar-refractivity contribution in [2.24, 2.45) is 0 Å². The molecule has 0 aliphatic rings. The highest BCUT2D eigenvalue weighted by atomic mass is 16.4. The first-order valence-corrected chi connectivity index (χ1v) is 1.52. The lowest BCUT2D eigenvalue weighted by atomic mass is 10.4. The van der Waals surface area contributed by atoms with Crippen LogP contribution < -0.4 is 5.11 Å². The minimum Gasteiger partial charge on any atom is -0.547 e. The molecule has 40 valence electrons. The van der Waals surface area contributed by atoms with Gasteiger partial charge in [0, 0.05) is 0 Å². The molecule has 0 fully saturated rings. The van der Waals surface area contributed by atoms with Gasteiger partial charge in [-0.15, -0.1) is 0 Å². The molecule has 0 spiro atoms. The number of carbonyl (C=O) groups is 2. The summed E-state index contributed by atoms with van der Waals surface area (Å²) >= 11 is 0. The minimum atomic E-state index is -1.97. The second-order valence-electron chi connectivity index (χ2n) is 0.900. The number of aliphatic hydroxyl groups is 1. The fourth-order valence-electron chi connectivity index (χ4n) is 0.0556. The van der Waals surface area contributed by atoms with Crippen molar-refractivity contribution in [2.45, 2.75) is 6.10 Å². The minimum absolute atomic E-state index is 0.116. The van der Waals surface area contributed by atoms with Gasteiger partial charge < -0.3 is 19.8 Å². The highest BCUT2D eigenvalue weighted by molar-refractivity contribution is 5.87. The Balaban J connectivity index is 3.55. The van der Waals surface area contributed by atoms with Crippen molar-refractivity contribution in [1.82, 2.24) is 0 Å². The first-order valence-electron chi connectivity index (χ1n) is 1.52. The standard InChI is InChI=1S/C3H4O4/c4-1-2(5)3(6)7/h1-2,5H,(H,6,7)/p-1/t2-/m1/s1. The maximum absolute atomic E-state index is 9.34. The van der Waals surface area contributed by atoms with Gasteiger partial charge in [0.25, 0.3) is 0 Å². The molecule has 0 saturated carbocycles. The molecule has 4 heteroatoms. The fraction of sp³-hybridized carbons (Fsp3) is 0.333. The molecule has 0 saturated heterocycles. The Morgan fingerprint density at radius 1 is 1.86 bits per heavy atom. The topological polar surface area (TPSA) is 77.4 Å². The maximum atomic E-state index is 9.34. The zero-order valence-corrected chi connectivity index (χ0v) is 3.33. The fourth-order valence-corrected chi connectivity index (χ4v) is 0.0556. The van der Waals surface area contributed by atoms with Crippen LogP contribution >= 0.6 is 0 Å². The summed E-state index contributed by atoms with van der Waals surface area (Å²) in [6, 6.07) is 0. The Labute approximate surface area is 39.4 Å². The van der Waals surface area contributed by atoms with E-state index >= 15 is 0 Å². The number of hydrogen-bond acceptors (Lipinski definition) is 4. The third kappa shape index (κ3) is 1.88. The summed E-state index contributed by atoms with van der Waals surface area (Å²) in [6.07, 6.45) is -2.09. The Bertz CT molecular complexity index is 86.9. The number of rotatable bonds is 2. The first kappa shape index (κ1) is 6.10. The molecule has 0 aromatic heterocycles. The van der Waals surface area contributed by atoms with Crippen LogP contribution in [0.15, 0.2) is 0 Å². The van der Waals surface area contributed by atoms with Crippen LogP contribution in [0.4, 0.5) is 0 Å². The first-order chi connectivity index (χ1) is 3.18. The monoisotopic (exact) mass is 103 g/mol. The van der Waals surface area contributed by atoms with Gasteiger partial charge in [-0.2, -0.15) is 0 Å². The average molecular weight is 103 g/mol. The van der Waals surface area contributed by atoms with Crippen LogP contribution in [0.5, 0.6) is 0 Å². The van der Waals surface area contributed by atoms with Gasteiger partial charge in [-0.05, 0) is 0 Å². The van der Waals surface area contributed by atoms with Crippen molar-refractivity contribution >= 4 is 12.3 Å². The third-order valence-electron chi connectivity index (χ3n) is 0.370. The van der Waals surface area contributed by atoms with E-state index < -0.39 is 12.1 Å². The van der Waals surface area contributed by atoms with Crippen LogP contribution in [0.25, 0.3) is 0 Å². The lowest BCUT2D eigenvalue weighted by molar-refractivity contribution is -0.312. The molecule has 0 aromatic rings. The van der Waals surface area contributed by atoms with Gasteiger partial charge in [0.05, 0.1) is 5.97 Å². The van der Waals surface area contributed by atoms with Crippen LogP contribution in [-0.2, 0) is 9.59 Å². The van der Waals surface area contributed by atoms with Gasteiger partial charge in [0.15, 0.2) is 6.29 Å². The molecule has 0 aliphatic heterocycles. The van der Waals surface area contributed by atoms with E-state index in [9.17, 15) is 14.7 Å². The van der Waals surface area contributed by atoms with Crippen molar-refractivity contribution < 1.29 is 19.8 Å². The zero-order chi connectivity index (χ0) is 5.86. The lowest BCUT2D eigenvalue weighted by Crippen LogP contribution is -2.36. The normalized spacial score (nSPS) is 12.7. The van der Waals surface area contributed by atoms with Crippen molar-refractivity contribution in [3.8, 4) is 0 Å². The van der Waals surface area contributed by atoms with E-state index in [1.807, 2.05) is 0 Å². The van der Waals surface area contributed by atoms with E-state index in [4.69, 9.17) is 5.11 Å². The van der Waals surface area contributed by atoms with E-state index in [0.717, 1.165) is 0 Å². The van der Waals surface area contributed by atoms with Crippen molar-refractivity contribution in [2.75, 3.05) is 0 Å². The summed E-state index contributed by atoms with van der Waals surface area (Å²) in [7, 11) is 0. The molecule has 0 aromatic carbocycles. The van der Waals surface area contributed by atoms with E-state index in [1.54, 1.807) is 0 Å². The highest BCUT2D eigenvalue weighted by Gasteiger charge is 1.97. The van der Waals surface area contributed by atoms with Crippen molar-refractivity contribution in [3.63, 3.8) is 0 Å². The Morgan fingerprint density at radius 2 is 2.29 bits per heavy atom. The Hall–Kier alpha value is -0.900. The predicted molar refractivity (Wildman–Crippen MR) is 17.1 cm³/mol. The molecule has 0 heterocycles. The van der Waals surface area contributed by atoms with Crippen LogP contribution in [0, 0.1) is 0 Å². The Morgan fingerprint density at radius 3 is 2.29 bits per heavy atom. The summed E-state index contributed by atoms with van der Waals surface area (Å²) in [6.45, 7) is 0. The summed E-state index contributed by atoms with van der Waals surface area (Å²) < 4.78 is 0. The van der Waals surface area contributed by atoms with E-state index in [2.05, 4.69) is 0 Å². The molecule has 0 radical (unpaired) electrons. The molecule has 1 atom stereocenters. The number of aldehydes is 1. The summed E-state index contributed by atoms with van der Waals surface area (Å²) in [5, 5.41) is 17.2. The SMILES string of the molecule is O=C[C@@H](O)C(=O)[O-]. The quantitative estimate of drug-likeness (QED) is 0.304. The van der Waals surface area contributed by atoms with E-state index in [1.165, 1.54) is 0 Å². The van der Waals surface area contributed by atoms with E-state index in [-0.39, 0.29) is 6.29 Å². The molecule has 0 unspecified atom stereocenters. The molecule has 0 bridgehead atoms. The summed E-state index contributed by atoms with van der Waals surface area (Å²) in [5.74, 6) is -1.77. The third-order valence-corrected chi connectivity index (χ3v) is 0.370. The smallest absolute Gasteiger partial charge is 0.154 e. The second kappa shape index (κ2) is 2.30. The molecule has 0 rings (SSSR count). The van der Waals surface area contributed by atoms with Crippen LogP contribution in [0.1, 0.15) is 0 Å². The molecular formula is C3H3O4-. The predicted octanol–water partition coefficient (Wildman–Crippen LogP) is -2.70. The lowest BCUT2D eigenvalue weighted by Gasteiger charge is -1.99. The van der Waals surface area contributed by atoms with Gasteiger partial charge in [0.2, 0.25) is 0 Å². The molecule has 7 heavy (non-hydrogen) atoms. The van der Waals surface area contributed by atoms with Crippen LogP contribution in [0.3, 0.4) is 0 Å². The molecular weight excluding hydrogens is 100 g/mol. The maximum Gasteiger partial charge on any atom is 0.154 e. The van der Waals surface area contributed by atoms with Gasteiger partial charge in [-0.25, -0.2) is 0 Å². The number of aliphatic carboxylic acids is 1. The number of carbonyl (C=O) groups excluding carboxylic acids is 2. The van der Waals surface area contributed by atoms with Crippen molar-refractivity contribution in [1.29, 1.82) is 0 Å². The number of carboxylic acid groups (broad SMARTS) is 1. The van der Waals surface area contributed by atoms with Gasteiger partial charge >= 0.3 is 0 Å². The van der Waals surface area contributed by atoms with Gasteiger partial charge in [0.1, 0.15) is 6.10 Å². The average Bonchev–Trinajstić information content (AvgIpc) is 1.65. The number of aliphatic hydroxyl groups excluding tert-OH is 1. The van der Waals surface area contributed by atoms with Crippen LogP contribution in [-0.4, -0.2) is 23.5 Å². The Kier molecular flexibility index (Phi) is 2.01. The molecule has 0 amide bonds. The largest absolute Gasteiger partial charge is 0.547 e. The zero-order valence-electron chi connectivity index (χ0n) is 3.33. The van der Waals surface area contributed by atoms with Crippen LogP contribution in [0.2, 0.25) is 0 Å². The van der Waals surface area contributed by atoms with Gasteiger partial charge in [-0.1, -0.05) is 0 Å². The number of carboxylic acids is 1. The molecule has 4 nitrogen and oxygen atoms in total. The molecule has 1 N–H and O–H groups in total. The number of hydrogen-bond donors (Lipinski definition) is 1. The summed E-state index contributed by atoms with van der Waals surface area (Å²) in [5.41, 5.74) is 0. The second-order valence-corrected chi connectivity index (χ2v) is 0.900.